The summed E-state index contributed by atoms with van der Waals surface area (Å²) in [6, 6.07) is 19.3. The smallest absolute Gasteiger partial charge is 0.260 e. The van der Waals surface area contributed by atoms with Gasteiger partial charge >= 0.3 is 0 Å². The van der Waals surface area contributed by atoms with Gasteiger partial charge in [-0.1, -0.05) is 65.4 Å². The number of fused-ring (bicyclic) bond motifs is 1. The first-order valence-electron chi connectivity index (χ1n) is 11.3. The zero-order chi connectivity index (χ0) is 24.4. The van der Waals surface area contributed by atoms with E-state index in [1.807, 2.05) is 18.2 Å². The van der Waals surface area contributed by atoms with Crippen LogP contribution in [-0.2, 0) is 4.74 Å². The number of carbonyl (C=O) groups excluding carboxylic acids is 2. The molecule has 1 aliphatic rings. The molecule has 1 aromatic heterocycles. The van der Waals surface area contributed by atoms with Gasteiger partial charge in [-0.15, -0.1) is 0 Å². The Morgan fingerprint density at radius 1 is 1.06 bits per heavy atom. The van der Waals surface area contributed by atoms with E-state index in [4.69, 9.17) is 26.1 Å². The monoisotopic (exact) mass is 506 g/mol. The van der Waals surface area contributed by atoms with Gasteiger partial charge in [-0.2, -0.15) is 0 Å². The molecule has 6 nitrogen and oxygen atoms in total. The molecule has 8 heteroatoms. The Hall–Kier alpha value is -3.26. The molecule has 0 bridgehead atoms. The molecule has 1 fully saturated rings. The van der Waals surface area contributed by atoms with Crippen LogP contribution in [0.3, 0.4) is 0 Å². The van der Waals surface area contributed by atoms with E-state index in [2.05, 4.69) is 0 Å². The summed E-state index contributed by atoms with van der Waals surface area (Å²) >= 11 is 7.77. The Labute approximate surface area is 212 Å². The van der Waals surface area contributed by atoms with Crippen LogP contribution >= 0.6 is 22.9 Å². The highest BCUT2D eigenvalue weighted by Gasteiger charge is 2.28. The Morgan fingerprint density at radius 3 is 2.46 bits per heavy atom. The van der Waals surface area contributed by atoms with Gasteiger partial charge < -0.3 is 9.47 Å². The third-order valence-electron chi connectivity index (χ3n) is 5.98. The number of carbonyl (C=O) groups is 2. The minimum Gasteiger partial charge on any atom is -0.494 e. The molecule has 2 heterocycles. The fourth-order valence-corrected chi connectivity index (χ4v) is 5.40. The molecule has 0 spiro atoms. The lowest BCUT2D eigenvalue weighted by Gasteiger charge is -2.23. The van der Waals surface area contributed by atoms with Gasteiger partial charge in [0.1, 0.15) is 11.3 Å². The van der Waals surface area contributed by atoms with Gasteiger partial charge in [-0.05, 0) is 37.1 Å². The molecular formula is C27H23ClN2O4S. The normalized spacial score (nSPS) is 15.3. The summed E-state index contributed by atoms with van der Waals surface area (Å²) in [4.78, 5) is 32.8. The van der Waals surface area contributed by atoms with Gasteiger partial charge in [-0.3, -0.25) is 14.5 Å². The van der Waals surface area contributed by atoms with E-state index < -0.39 is 0 Å². The van der Waals surface area contributed by atoms with Crippen molar-refractivity contribution in [3.05, 3.63) is 88.4 Å². The molecule has 0 aliphatic carbocycles. The molecule has 1 amide bonds. The van der Waals surface area contributed by atoms with E-state index in [9.17, 15) is 9.59 Å². The highest BCUT2D eigenvalue weighted by Crippen LogP contribution is 2.39. The van der Waals surface area contributed by atoms with E-state index in [0.29, 0.717) is 51.3 Å². The summed E-state index contributed by atoms with van der Waals surface area (Å²) in [6.45, 7) is 1.06. The zero-order valence-electron chi connectivity index (χ0n) is 19.1. The standard InChI is InChI=1S/C27H23ClN2O4S/c1-33-22-14-13-21(28)25-23(22)29-27(35-25)30(16-20-8-5-15-34-20)26(32)19-11-9-18(10-12-19)24(31)17-6-3-2-4-7-17/h2-4,6-7,9-14,20H,5,8,15-16H2,1H3. The quantitative estimate of drug-likeness (QED) is 0.287. The molecular weight excluding hydrogens is 484 g/mol. The maximum Gasteiger partial charge on any atom is 0.260 e. The van der Waals surface area contributed by atoms with Gasteiger partial charge in [0.15, 0.2) is 10.9 Å². The Bertz CT molecular complexity index is 1370. The second kappa shape index (κ2) is 10.2. The third-order valence-corrected chi connectivity index (χ3v) is 7.52. The SMILES string of the molecule is COc1ccc(Cl)c2sc(N(CC3CCCO3)C(=O)c3ccc(C(=O)c4ccccc4)cc3)nc12. The first-order valence-corrected chi connectivity index (χ1v) is 12.5. The second-order valence-electron chi connectivity index (χ2n) is 8.25. The molecule has 1 atom stereocenters. The van der Waals surface area contributed by atoms with Crippen LogP contribution in [0.15, 0.2) is 66.7 Å². The van der Waals surface area contributed by atoms with Gasteiger partial charge in [-0.25, -0.2) is 4.98 Å². The summed E-state index contributed by atoms with van der Waals surface area (Å²) in [5.41, 5.74) is 2.21. The Kier molecular flexibility index (Phi) is 6.81. The first kappa shape index (κ1) is 23.5. The lowest BCUT2D eigenvalue weighted by Crippen LogP contribution is -2.37. The summed E-state index contributed by atoms with van der Waals surface area (Å²) in [5.74, 6) is 0.294. The van der Waals surface area contributed by atoms with Crippen LogP contribution in [0.2, 0.25) is 5.02 Å². The molecule has 178 valence electrons. The Morgan fingerprint density at radius 2 is 1.77 bits per heavy atom. The van der Waals surface area contributed by atoms with Crippen LogP contribution in [0.1, 0.15) is 39.1 Å². The molecule has 35 heavy (non-hydrogen) atoms. The van der Waals surface area contributed by atoms with Crippen molar-refractivity contribution in [2.75, 3.05) is 25.2 Å². The predicted molar refractivity (Wildman–Crippen MR) is 138 cm³/mol. The van der Waals surface area contributed by atoms with E-state index in [1.165, 1.54) is 11.3 Å². The molecule has 1 aliphatic heterocycles. The highest BCUT2D eigenvalue weighted by atomic mass is 35.5. The van der Waals surface area contributed by atoms with Crippen molar-refractivity contribution in [3.63, 3.8) is 0 Å². The molecule has 5 rings (SSSR count). The molecule has 4 aromatic rings. The topological polar surface area (TPSA) is 68.7 Å². The number of rotatable bonds is 7. The molecule has 0 radical (unpaired) electrons. The summed E-state index contributed by atoms with van der Waals surface area (Å²) in [5, 5.41) is 1.08. The number of hydrogen-bond donors (Lipinski definition) is 0. The summed E-state index contributed by atoms with van der Waals surface area (Å²) < 4.78 is 12.0. The van der Waals surface area contributed by atoms with Crippen molar-refractivity contribution in [2.45, 2.75) is 18.9 Å². The second-order valence-corrected chi connectivity index (χ2v) is 9.63. The minimum absolute atomic E-state index is 0.0674. The number of amides is 1. The lowest BCUT2D eigenvalue weighted by atomic mass is 10.0. The number of anilines is 1. The number of methoxy groups -OCH3 is 1. The average Bonchev–Trinajstić information content (AvgIpc) is 3.58. The predicted octanol–water partition coefficient (Wildman–Crippen LogP) is 6.02. The van der Waals surface area contributed by atoms with Crippen LogP contribution in [0.4, 0.5) is 5.13 Å². The summed E-state index contributed by atoms with van der Waals surface area (Å²) in [7, 11) is 1.58. The van der Waals surface area contributed by atoms with Crippen LogP contribution in [0, 0.1) is 0 Å². The molecule has 1 saturated heterocycles. The maximum atomic E-state index is 13.7. The number of thiazole rings is 1. The number of benzene rings is 3. The van der Waals surface area contributed by atoms with E-state index in [0.717, 1.165) is 17.5 Å². The van der Waals surface area contributed by atoms with Crippen molar-refractivity contribution >= 4 is 50.0 Å². The van der Waals surface area contributed by atoms with Crippen LogP contribution in [0.25, 0.3) is 10.2 Å². The van der Waals surface area contributed by atoms with Crippen molar-refractivity contribution < 1.29 is 19.1 Å². The molecule has 1 unspecified atom stereocenters. The number of hydrogen-bond acceptors (Lipinski definition) is 6. The number of halogens is 1. The fourth-order valence-electron chi connectivity index (χ4n) is 4.14. The van der Waals surface area contributed by atoms with Gasteiger partial charge in [0.05, 0.1) is 29.5 Å². The Balaban J connectivity index is 1.47. The number of nitrogens with zero attached hydrogens (tertiary/aromatic N) is 2. The number of aromatic nitrogens is 1. The van der Waals surface area contributed by atoms with Crippen molar-refractivity contribution in [2.24, 2.45) is 0 Å². The maximum absolute atomic E-state index is 13.7. The first-order chi connectivity index (χ1) is 17.0. The van der Waals surface area contributed by atoms with Gasteiger partial charge in [0, 0.05) is 23.3 Å². The summed E-state index contributed by atoms with van der Waals surface area (Å²) in [6.07, 6.45) is 1.77. The largest absolute Gasteiger partial charge is 0.494 e. The van der Waals surface area contributed by atoms with Crippen LogP contribution in [0.5, 0.6) is 5.75 Å². The molecule has 3 aromatic carbocycles. The van der Waals surface area contributed by atoms with Gasteiger partial charge in [0.25, 0.3) is 5.91 Å². The van der Waals surface area contributed by atoms with E-state index in [-0.39, 0.29) is 17.8 Å². The minimum atomic E-state index is -0.214. The molecule has 0 saturated carbocycles. The molecule has 0 N–H and O–H groups in total. The average molecular weight is 507 g/mol. The number of ether oxygens (including phenoxy) is 2. The van der Waals surface area contributed by atoms with Crippen molar-refractivity contribution in [1.82, 2.24) is 4.98 Å². The lowest BCUT2D eigenvalue weighted by molar-refractivity contribution is 0.0917. The highest BCUT2D eigenvalue weighted by molar-refractivity contribution is 7.23. The van der Waals surface area contributed by atoms with E-state index in [1.54, 1.807) is 60.5 Å². The van der Waals surface area contributed by atoms with Crippen molar-refractivity contribution in [1.29, 1.82) is 0 Å². The fraction of sp³-hybridized carbons (Fsp3) is 0.222. The van der Waals surface area contributed by atoms with Crippen LogP contribution < -0.4 is 9.64 Å². The zero-order valence-corrected chi connectivity index (χ0v) is 20.6. The van der Waals surface area contributed by atoms with Gasteiger partial charge in [0.2, 0.25) is 0 Å². The number of ketones is 1. The van der Waals surface area contributed by atoms with Crippen molar-refractivity contribution in [3.8, 4) is 5.75 Å². The third kappa shape index (κ3) is 4.80. The van der Waals surface area contributed by atoms with Crippen LogP contribution in [-0.4, -0.2) is 43.0 Å². The van der Waals surface area contributed by atoms with E-state index >= 15 is 0 Å².